The van der Waals surface area contributed by atoms with E-state index in [-0.39, 0.29) is 21.9 Å². The van der Waals surface area contributed by atoms with Gasteiger partial charge in [-0.3, -0.25) is 4.79 Å². The van der Waals surface area contributed by atoms with Crippen LogP contribution >= 0.6 is 11.3 Å². The minimum atomic E-state index is -1.84. The highest BCUT2D eigenvalue weighted by Crippen LogP contribution is 2.37. The molecule has 7 heteroatoms. The maximum absolute atomic E-state index is 12.2. The fraction of sp³-hybridized carbons (Fsp3) is 0.579. The van der Waals surface area contributed by atoms with Gasteiger partial charge in [0.25, 0.3) is 0 Å². The monoisotopic (exact) mass is 393 g/mol. The van der Waals surface area contributed by atoms with Gasteiger partial charge in [0.1, 0.15) is 4.88 Å². The summed E-state index contributed by atoms with van der Waals surface area (Å²) in [4.78, 5) is 25.9. The number of aromatic carboxylic acids is 1. The Kier molecular flexibility index (Phi) is 6.32. The highest BCUT2D eigenvalue weighted by Gasteiger charge is 2.39. The number of hydrogen-bond donors (Lipinski definition) is 1. The quantitative estimate of drug-likeness (QED) is 0.610. The van der Waals surface area contributed by atoms with Crippen molar-refractivity contribution in [1.82, 2.24) is 4.90 Å². The molecule has 2 heterocycles. The second-order valence-corrected chi connectivity index (χ2v) is 13.9. The molecule has 1 amide bonds. The molecule has 1 atom stereocenters. The number of carbonyl (C=O) groups is 2. The molecule has 0 saturated carbocycles. The number of thiophene rings is 1. The van der Waals surface area contributed by atoms with Crippen LogP contribution in [0.15, 0.2) is 12.1 Å². The maximum atomic E-state index is 12.2. The van der Waals surface area contributed by atoms with E-state index in [1.807, 2.05) is 0 Å². The van der Waals surface area contributed by atoms with Crippen molar-refractivity contribution in [2.24, 2.45) is 0 Å². The highest BCUT2D eigenvalue weighted by atomic mass is 32.1. The van der Waals surface area contributed by atoms with E-state index in [2.05, 4.69) is 45.7 Å². The fourth-order valence-corrected chi connectivity index (χ4v) is 4.20. The second kappa shape index (κ2) is 7.95. The summed E-state index contributed by atoms with van der Waals surface area (Å²) >= 11 is 1.15. The molecule has 1 saturated heterocycles. The molecule has 1 N–H and O–H groups in total. The molecule has 0 aliphatic carbocycles. The molecule has 0 radical (unpaired) electrons. The Morgan fingerprint density at radius 3 is 2.69 bits per heavy atom. The van der Waals surface area contributed by atoms with Gasteiger partial charge >= 0.3 is 5.97 Å². The van der Waals surface area contributed by atoms with Crippen LogP contribution in [0.2, 0.25) is 18.1 Å². The van der Waals surface area contributed by atoms with E-state index in [4.69, 9.17) is 9.53 Å². The normalized spacial score (nSPS) is 18.0. The Bertz CT molecular complexity index is 739. The molecule has 1 aromatic rings. The predicted octanol–water partition coefficient (Wildman–Crippen LogP) is 3.81. The first-order valence-electron chi connectivity index (χ1n) is 8.77. The van der Waals surface area contributed by atoms with Crippen molar-refractivity contribution in [3.63, 3.8) is 0 Å². The third-order valence-electron chi connectivity index (χ3n) is 5.17. The van der Waals surface area contributed by atoms with Crippen LogP contribution in [0.3, 0.4) is 0 Å². The van der Waals surface area contributed by atoms with Crippen LogP contribution in [0, 0.1) is 11.8 Å². The van der Waals surface area contributed by atoms with Crippen LogP contribution in [0.1, 0.15) is 48.2 Å². The highest BCUT2D eigenvalue weighted by molar-refractivity contribution is 7.14. The summed E-state index contributed by atoms with van der Waals surface area (Å²) in [7, 11) is -1.84. The molecule has 0 aromatic carbocycles. The Hall–Kier alpha value is -1.62. The summed E-state index contributed by atoms with van der Waals surface area (Å²) in [5, 5.41) is 9.09. The van der Waals surface area contributed by atoms with Gasteiger partial charge in [0, 0.05) is 6.42 Å². The first-order valence-corrected chi connectivity index (χ1v) is 12.5. The van der Waals surface area contributed by atoms with E-state index in [0.29, 0.717) is 24.4 Å². The molecule has 1 aromatic heterocycles. The molecule has 1 aliphatic heterocycles. The lowest BCUT2D eigenvalue weighted by atomic mass is 10.2. The van der Waals surface area contributed by atoms with Gasteiger partial charge in [-0.15, -0.1) is 11.3 Å². The van der Waals surface area contributed by atoms with Crippen molar-refractivity contribution < 1.29 is 19.1 Å². The molecule has 26 heavy (non-hydrogen) atoms. The number of carboxylic acid groups (broad SMARTS) is 1. The molecule has 1 aliphatic rings. The standard InChI is InChI=1S/C19H27NO4SSi/c1-19(2,3)26(4,5)24-13-14-8-11-17(21)20(14)12-6-7-15-9-10-16(25-15)18(22)23/h9-10,14H,8,11-13H2,1-5H3,(H,22,23). The van der Waals surface area contributed by atoms with Gasteiger partial charge in [0.05, 0.1) is 24.1 Å². The van der Waals surface area contributed by atoms with Crippen molar-refractivity contribution >= 4 is 31.5 Å². The van der Waals surface area contributed by atoms with E-state index in [0.717, 1.165) is 17.8 Å². The Morgan fingerprint density at radius 2 is 2.12 bits per heavy atom. The van der Waals surface area contributed by atoms with Gasteiger partial charge < -0.3 is 14.4 Å². The van der Waals surface area contributed by atoms with Gasteiger partial charge in [-0.25, -0.2) is 4.79 Å². The number of nitrogens with zero attached hydrogens (tertiary/aromatic N) is 1. The molecular formula is C19H27NO4SSi. The van der Waals surface area contributed by atoms with E-state index < -0.39 is 14.3 Å². The van der Waals surface area contributed by atoms with Crippen molar-refractivity contribution in [3.8, 4) is 11.8 Å². The molecule has 142 valence electrons. The third-order valence-corrected chi connectivity index (χ3v) is 10.7. The zero-order valence-corrected chi connectivity index (χ0v) is 17.9. The van der Waals surface area contributed by atoms with E-state index in [1.54, 1.807) is 17.0 Å². The van der Waals surface area contributed by atoms with E-state index in [9.17, 15) is 9.59 Å². The lowest BCUT2D eigenvalue weighted by molar-refractivity contribution is -0.128. The number of carbonyl (C=O) groups excluding carboxylic acids is 1. The fourth-order valence-electron chi connectivity index (χ4n) is 2.44. The van der Waals surface area contributed by atoms with Crippen LogP contribution in [0.25, 0.3) is 0 Å². The van der Waals surface area contributed by atoms with Gasteiger partial charge in [-0.1, -0.05) is 32.6 Å². The summed E-state index contributed by atoms with van der Waals surface area (Å²) in [5.41, 5.74) is 0. The second-order valence-electron chi connectivity index (χ2n) is 8.06. The molecule has 0 spiro atoms. The topological polar surface area (TPSA) is 66.8 Å². The van der Waals surface area contributed by atoms with Crippen LogP contribution < -0.4 is 0 Å². The van der Waals surface area contributed by atoms with Crippen LogP contribution in [0.4, 0.5) is 0 Å². The zero-order chi connectivity index (χ0) is 19.5. The SMILES string of the molecule is CC(C)(C)[Si](C)(C)OCC1CCC(=O)N1CC#Cc1ccc(C(=O)O)s1. The van der Waals surface area contributed by atoms with Crippen molar-refractivity contribution in [3.05, 3.63) is 21.9 Å². The Morgan fingerprint density at radius 1 is 1.42 bits per heavy atom. The first kappa shape index (κ1) is 20.7. The Balaban J connectivity index is 1.97. The summed E-state index contributed by atoms with van der Waals surface area (Å²) in [6.45, 7) is 11.9. The minimum Gasteiger partial charge on any atom is -0.477 e. The molecule has 1 unspecified atom stereocenters. The largest absolute Gasteiger partial charge is 0.477 e. The Labute approximate surface area is 160 Å². The van der Waals surface area contributed by atoms with Gasteiger partial charge in [0.15, 0.2) is 8.32 Å². The summed E-state index contributed by atoms with van der Waals surface area (Å²) < 4.78 is 6.28. The molecule has 1 fully saturated rings. The number of likely N-dealkylation sites (tertiary alicyclic amines) is 1. The zero-order valence-electron chi connectivity index (χ0n) is 16.1. The summed E-state index contributed by atoms with van der Waals surface area (Å²) in [5.74, 6) is 5.14. The molecule has 5 nitrogen and oxygen atoms in total. The van der Waals surface area contributed by atoms with Gasteiger partial charge in [0.2, 0.25) is 5.91 Å². The molecule has 0 bridgehead atoms. The predicted molar refractivity (Wildman–Crippen MR) is 106 cm³/mol. The third kappa shape index (κ3) is 4.97. The lowest BCUT2D eigenvalue weighted by Gasteiger charge is -2.37. The summed E-state index contributed by atoms with van der Waals surface area (Å²) in [6.07, 6.45) is 1.34. The summed E-state index contributed by atoms with van der Waals surface area (Å²) in [6, 6.07) is 3.32. The van der Waals surface area contributed by atoms with E-state index in [1.165, 1.54) is 0 Å². The van der Waals surface area contributed by atoms with Crippen molar-refractivity contribution in [1.29, 1.82) is 0 Å². The average molecular weight is 394 g/mol. The van der Waals surface area contributed by atoms with Gasteiger partial charge in [-0.05, 0) is 36.7 Å². The smallest absolute Gasteiger partial charge is 0.345 e. The lowest BCUT2D eigenvalue weighted by Crippen LogP contribution is -2.45. The molecular weight excluding hydrogens is 366 g/mol. The number of hydrogen-bond acceptors (Lipinski definition) is 4. The average Bonchev–Trinajstić information content (AvgIpc) is 3.12. The van der Waals surface area contributed by atoms with E-state index >= 15 is 0 Å². The number of rotatable bonds is 5. The van der Waals surface area contributed by atoms with Crippen molar-refractivity contribution in [2.75, 3.05) is 13.2 Å². The van der Waals surface area contributed by atoms with Crippen LogP contribution in [-0.2, 0) is 9.22 Å². The van der Waals surface area contributed by atoms with Crippen LogP contribution in [-0.4, -0.2) is 49.4 Å². The molecule has 2 rings (SSSR count). The first-order chi connectivity index (χ1) is 12.0. The minimum absolute atomic E-state index is 0.0730. The number of amides is 1. The van der Waals surface area contributed by atoms with Gasteiger partial charge in [-0.2, -0.15) is 0 Å². The maximum Gasteiger partial charge on any atom is 0.345 e. The van der Waals surface area contributed by atoms with Crippen molar-refractivity contribution in [2.45, 2.75) is 57.8 Å². The number of carboxylic acids is 1. The van der Waals surface area contributed by atoms with Crippen LogP contribution in [0.5, 0.6) is 0 Å².